The Hall–Kier alpha value is -4.91. The van der Waals surface area contributed by atoms with E-state index in [1.54, 1.807) is 30.3 Å². The van der Waals surface area contributed by atoms with Crippen LogP contribution in [0, 0.1) is 0 Å². The van der Waals surface area contributed by atoms with Crippen molar-refractivity contribution in [1.29, 1.82) is 0 Å². The molecule has 0 fully saturated rings. The molecule has 0 bridgehead atoms. The van der Waals surface area contributed by atoms with Crippen molar-refractivity contribution >= 4 is 23.7 Å². The molecule has 2 atom stereocenters. The third-order valence-corrected chi connectivity index (χ3v) is 7.23. The maximum atomic E-state index is 13.9. The van der Waals surface area contributed by atoms with Crippen molar-refractivity contribution in [3.8, 4) is 11.1 Å². The smallest absolute Gasteiger partial charge is 0.407 e. The zero-order chi connectivity index (χ0) is 28.1. The number of nitrogens with zero attached hydrogens (tertiary/aromatic N) is 1. The number of ether oxygens (including phenoxy) is 1. The van der Waals surface area contributed by atoms with Crippen molar-refractivity contribution in [3.63, 3.8) is 0 Å². The van der Waals surface area contributed by atoms with Gasteiger partial charge in [-0.05, 0) is 46.9 Å². The molecular weight excluding hydrogens is 504 g/mol. The number of benzene rings is 4. The Morgan fingerprint density at radius 1 is 0.800 bits per heavy atom. The number of carbonyl (C=O) groups excluding carboxylic acids is 2. The second-order valence-electron chi connectivity index (χ2n) is 9.77. The molecule has 2 N–H and O–H groups in total. The number of nitrogens with one attached hydrogen (secondary N) is 1. The second-order valence-corrected chi connectivity index (χ2v) is 9.77. The number of carbonyl (C=O) groups is 3. The van der Waals surface area contributed by atoms with E-state index in [0.29, 0.717) is 5.69 Å². The van der Waals surface area contributed by atoms with Crippen LogP contribution in [0.15, 0.2) is 109 Å². The van der Waals surface area contributed by atoms with Crippen LogP contribution in [0.5, 0.6) is 0 Å². The van der Waals surface area contributed by atoms with E-state index in [1.807, 2.05) is 66.7 Å². The highest BCUT2D eigenvalue weighted by Crippen LogP contribution is 2.44. The zero-order valence-corrected chi connectivity index (χ0v) is 22.1. The molecule has 7 heteroatoms. The maximum Gasteiger partial charge on any atom is 0.407 e. The second kappa shape index (κ2) is 11.9. The summed E-state index contributed by atoms with van der Waals surface area (Å²) in [6.07, 6.45) is -0.577. The van der Waals surface area contributed by atoms with Crippen LogP contribution in [0.3, 0.4) is 0 Å². The first-order chi connectivity index (χ1) is 19.4. The van der Waals surface area contributed by atoms with Gasteiger partial charge in [-0.15, -0.1) is 0 Å². The number of hydrogen-bond donors (Lipinski definition) is 2. The highest BCUT2D eigenvalue weighted by molar-refractivity contribution is 6.03. The van der Waals surface area contributed by atoms with Gasteiger partial charge in [0.15, 0.2) is 0 Å². The van der Waals surface area contributed by atoms with E-state index >= 15 is 0 Å². The van der Waals surface area contributed by atoms with Crippen LogP contribution in [-0.4, -0.2) is 41.8 Å². The highest BCUT2D eigenvalue weighted by Gasteiger charge is 2.34. The quantitative estimate of drug-likeness (QED) is 0.290. The van der Waals surface area contributed by atoms with Crippen molar-refractivity contribution in [2.75, 3.05) is 11.5 Å². The lowest BCUT2D eigenvalue weighted by molar-refractivity contribution is -0.139. The first-order valence-corrected chi connectivity index (χ1v) is 13.2. The Bertz CT molecular complexity index is 1460. The van der Waals surface area contributed by atoms with Gasteiger partial charge < -0.3 is 15.2 Å². The van der Waals surface area contributed by atoms with Crippen LogP contribution in [0.4, 0.5) is 10.5 Å². The molecule has 1 aliphatic carbocycles. The fourth-order valence-corrected chi connectivity index (χ4v) is 5.24. The summed E-state index contributed by atoms with van der Waals surface area (Å²) in [6.45, 7) is 1.54. The normalized spacial score (nSPS) is 13.4. The van der Waals surface area contributed by atoms with Gasteiger partial charge in [0.05, 0.1) is 0 Å². The molecule has 7 nitrogen and oxygen atoms in total. The number of fused-ring (bicyclic) bond motifs is 3. The Morgan fingerprint density at radius 2 is 1.32 bits per heavy atom. The van der Waals surface area contributed by atoms with Crippen molar-refractivity contribution < 1.29 is 24.2 Å². The summed E-state index contributed by atoms with van der Waals surface area (Å²) >= 11 is 0. The first-order valence-electron chi connectivity index (χ1n) is 13.2. The fraction of sp³-hybridized carbons (Fsp3) is 0.182. The molecule has 5 rings (SSSR count). The lowest BCUT2D eigenvalue weighted by atomic mass is 9.98. The summed E-state index contributed by atoms with van der Waals surface area (Å²) in [5.74, 6) is -1.83. The molecule has 0 saturated heterocycles. The van der Waals surface area contributed by atoms with Crippen molar-refractivity contribution in [1.82, 2.24) is 5.32 Å². The third-order valence-electron chi connectivity index (χ3n) is 7.23. The molecule has 0 radical (unpaired) electrons. The van der Waals surface area contributed by atoms with Gasteiger partial charge in [-0.3, -0.25) is 9.69 Å². The topological polar surface area (TPSA) is 95.9 Å². The Morgan fingerprint density at radius 3 is 1.90 bits per heavy atom. The standard InChI is InChI=1S/C33H30N2O5/c1-22(32(37)38)35(24-14-6-3-7-15-24)31(36)30(20-23-12-4-2-5-13-23)34-33(39)40-21-29-27-18-10-8-16-25(27)26-17-9-11-19-28(26)29/h2-19,22,29-30H,20-21H2,1H3,(H,34,39)(H,37,38)/t22-,30-/m0/s1. The average molecular weight is 535 g/mol. The summed E-state index contributed by atoms with van der Waals surface area (Å²) < 4.78 is 5.71. The molecule has 2 amide bonds. The zero-order valence-electron chi connectivity index (χ0n) is 22.1. The molecular formula is C33H30N2O5. The molecule has 1 aliphatic rings. The van der Waals surface area contributed by atoms with Crippen LogP contribution < -0.4 is 10.2 Å². The monoisotopic (exact) mass is 534 g/mol. The fourth-order valence-electron chi connectivity index (χ4n) is 5.24. The van der Waals surface area contributed by atoms with Gasteiger partial charge in [0, 0.05) is 18.0 Å². The SMILES string of the molecule is C[C@@H](C(=O)O)N(C(=O)[C@H](Cc1ccccc1)NC(=O)OCC1c2ccccc2-c2ccccc21)c1ccccc1. The van der Waals surface area contributed by atoms with Crippen molar-refractivity contribution in [3.05, 3.63) is 126 Å². The number of hydrogen-bond acceptors (Lipinski definition) is 4. The molecule has 0 unspecified atom stereocenters. The van der Waals surface area contributed by atoms with Crippen LogP contribution in [0.1, 0.15) is 29.5 Å². The minimum Gasteiger partial charge on any atom is -0.480 e. The summed E-state index contributed by atoms with van der Waals surface area (Å²) in [6, 6.07) is 31.7. The third kappa shape index (κ3) is 5.59. The van der Waals surface area contributed by atoms with Crippen LogP contribution in [-0.2, 0) is 20.7 Å². The molecule has 0 saturated carbocycles. The molecule has 0 heterocycles. The van der Waals surface area contributed by atoms with E-state index in [1.165, 1.54) is 11.8 Å². The largest absolute Gasteiger partial charge is 0.480 e. The van der Waals surface area contributed by atoms with Gasteiger partial charge in [0.1, 0.15) is 18.7 Å². The van der Waals surface area contributed by atoms with E-state index in [2.05, 4.69) is 17.4 Å². The maximum absolute atomic E-state index is 13.9. The minimum absolute atomic E-state index is 0.0973. The number of anilines is 1. The lowest BCUT2D eigenvalue weighted by Crippen LogP contribution is -2.54. The number of carboxylic acids is 1. The number of alkyl carbamates (subject to hydrolysis) is 1. The molecule has 4 aromatic rings. The van der Waals surface area contributed by atoms with Gasteiger partial charge in [0.2, 0.25) is 0 Å². The van der Waals surface area contributed by atoms with Crippen molar-refractivity contribution in [2.45, 2.75) is 31.3 Å². The first kappa shape index (κ1) is 26.7. The van der Waals surface area contributed by atoms with Gasteiger partial charge in [-0.2, -0.15) is 0 Å². The van der Waals surface area contributed by atoms with E-state index in [0.717, 1.165) is 27.8 Å². The van der Waals surface area contributed by atoms with Gasteiger partial charge in [-0.1, -0.05) is 97.1 Å². The number of rotatable bonds is 9. The summed E-state index contributed by atoms with van der Waals surface area (Å²) in [5, 5.41) is 12.5. The van der Waals surface area contributed by atoms with E-state index < -0.39 is 30.1 Å². The predicted molar refractivity (Wildman–Crippen MR) is 153 cm³/mol. The number of carboxylic acid groups (broad SMARTS) is 1. The lowest BCUT2D eigenvalue weighted by Gasteiger charge is -2.31. The van der Waals surface area contributed by atoms with Crippen molar-refractivity contribution in [2.24, 2.45) is 0 Å². The van der Waals surface area contributed by atoms with Gasteiger partial charge >= 0.3 is 12.1 Å². The Kier molecular flexibility index (Phi) is 7.92. The average Bonchev–Trinajstić information content (AvgIpc) is 3.30. The summed E-state index contributed by atoms with van der Waals surface area (Å²) in [7, 11) is 0. The highest BCUT2D eigenvalue weighted by atomic mass is 16.5. The van der Waals surface area contributed by atoms with Crippen LogP contribution >= 0.6 is 0 Å². The molecule has 202 valence electrons. The Labute approximate surface area is 233 Å². The number of aliphatic carboxylic acids is 1. The van der Waals surface area contributed by atoms with E-state index in [9.17, 15) is 19.5 Å². The molecule has 0 spiro atoms. The summed E-state index contributed by atoms with van der Waals surface area (Å²) in [5.41, 5.74) is 5.64. The number of para-hydroxylation sites is 1. The van der Waals surface area contributed by atoms with Crippen LogP contribution in [0.2, 0.25) is 0 Å². The molecule has 4 aromatic carbocycles. The minimum atomic E-state index is -1.16. The Balaban J connectivity index is 1.37. The van der Waals surface area contributed by atoms with Gasteiger partial charge in [-0.25, -0.2) is 9.59 Å². The molecule has 0 aromatic heterocycles. The summed E-state index contributed by atoms with van der Waals surface area (Å²) in [4.78, 5) is 40.3. The van der Waals surface area contributed by atoms with E-state index in [-0.39, 0.29) is 18.9 Å². The molecule has 40 heavy (non-hydrogen) atoms. The van der Waals surface area contributed by atoms with Gasteiger partial charge in [0.25, 0.3) is 5.91 Å². The molecule has 0 aliphatic heterocycles. The number of amides is 2. The van der Waals surface area contributed by atoms with Crippen LogP contribution in [0.25, 0.3) is 11.1 Å². The predicted octanol–water partition coefficient (Wildman–Crippen LogP) is 5.64. The van der Waals surface area contributed by atoms with E-state index in [4.69, 9.17) is 4.74 Å².